The van der Waals surface area contributed by atoms with Crippen LogP contribution in [0.5, 0.6) is 0 Å². The van der Waals surface area contributed by atoms with E-state index in [-0.39, 0.29) is 0 Å². The van der Waals surface area contributed by atoms with Crippen LogP contribution in [0.15, 0.2) is 24.3 Å². The van der Waals surface area contributed by atoms with Crippen LogP contribution in [0.3, 0.4) is 0 Å². The van der Waals surface area contributed by atoms with Crippen LogP contribution in [-0.4, -0.2) is 19.1 Å². The Morgan fingerprint density at radius 2 is 1.67 bits per heavy atom. The molecule has 1 aliphatic carbocycles. The van der Waals surface area contributed by atoms with Crippen molar-refractivity contribution in [2.45, 2.75) is 58.5 Å². The minimum absolute atomic E-state index is 0.704. The molecule has 116 valence electrons. The third-order valence-electron chi connectivity index (χ3n) is 5.20. The Balaban J connectivity index is 1.62. The number of rotatable bonds is 4. The molecule has 1 saturated heterocycles. The van der Waals surface area contributed by atoms with Crippen LogP contribution in [0, 0.1) is 11.8 Å². The van der Waals surface area contributed by atoms with E-state index < -0.39 is 0 Å². The summed E-state index contributed by atoms with van der Waals surface area (Å²) in [5.74, 6) is 1.75. The lowest BCUT2D eigenvalue weighted by molar-refractivity contribution is 0.238. The van der Waals surface area contributed by atoms with Crippen LogP contribution >= 0.6 is 0 Å². The fourth-order valence-electron chi connectivity index (χ4n) is 4.29. The van der Waals surface area contributed by atoms with Gasteiger partial charge in [0.1, 0.15) is 0 Å². The number of hydrogen-bond acceptors (Lipinski definition) is 2. The molecule has 2 unspecified atom stereocenters. The second-order valence-corrected chi connectivity index (χ2v) is 7.32. The first-order valence-electron chi connectivity index (χ1n) is 8.78. The first-order valence-corrected chi connectivity index (χ1v) is 8.78. The Hall–Kier alpha value is -1.02. The summed E-state index contributed by atoms with van der Waals surface area (Å²) in [5, 5.41) is 3.84. The SMILES string of the molecule is CC1CC(C)CC(NCc2ccccc2N2CCCC2)C1. The van der Waals surface area contributed by atoms with Crippen LogP contribution in [0.1, 0.15) is 51.5 Å². The van der Waals surface area contributed by atoms with Gasteiger partial charge in [-0.25, -0.2) is 0 Å². The van der Waals surface area contributed by atoms with Crippen molar-refractivity contribution in [2.75, 3.05) is 18.0 Å². The molecule has 0 bridgehead atoms. The van der Waals surface area contributed by atoms with E-state index in [1.54, 1.807) is 0 Å². The molecule has 2 atom stereocenters. The maximum atomic E-state index is 3.84. The summed E-state index contributed by atoms with van der Waals surface area (Å²) in [6.45, 7) is 8.30. The highest BCUT2D eigenvalue weighted by Gasteiger charge is 2.24. The summed E-state index contributed by atoms with van der Waals surface area (Å²) < 4.78 is 0. The van der Waals surface area contributed by atoms with Crippen LogP contribution in [0.25, 0.3) is 0 Å². The minimum atomic E-state index is 0.704. The van der Waals surface area contributed by atoms with Gasteiger partial charge in [-0.2, -0.15) is 0 Å². The fraction of sp³-hybridized carbons (Fsp3) is 0.684. The summed E-state index contributed by atoms with van der Waals surface area (Å²) >= 11 is 0. The summed E-state index contributed by atoms with van der Waals surface area (Å²) in [6.07, 6.45) is 6.79. The Kier molecular flexibility index (Phi) is 4.84. The molecule has 0 aromatic heterocycles. The van der Waals surface area contributed by atoms with Gasteiger partial charge in [-0.1, -0.05) is 32.0 Å². The van der Waals surface area contributed by atoms with Crippen molar-refractivity contribution in [3.8, 4) is 0 Å². The molecule has 1 aliphatic heterocycles. The number of nitrogens with one attached hydrogen (secondary N) is 1. The van der Waals surface area contributed by atoms with Gasteiger partial charge in [-0.3, -0.25) is 0 Å². The molecule has 0 amide bonds. The number of para-hydroxylation sites is 1. The van der Waals surface area contributed by atoms with E-state index in [1.165, 1.54) is 56.4 Å². The molecule has 2 aliphatic rings. The Bertz CT molecular complexity index is 441. The zero-order valence-electron chi connectivity index (χ0n) is 13.6. The highest BCUT2D eigenvalue weighted by atomic mass is 15.1. The molecule has 1 saturated carbocycles. The van der Waals surface area contributed by atoms with Gasteiger partial charge in [0.05, 0.1) is 0 Å². The molecule has 2 heteroatoms. The van der Waals surface area contributed by atoms with E-state index >= 15 is 0 Å². The topological polar surface area (TPSA) is 15.3 Å². The second kappa shape index (κ2) is 6.83. The summed E-state index contributed by atoms with van der Waals surface area (Å²) in [6, 6.07) is 9.67. The lowest BCUT2D eigenvalue weighted by atomic mass is 9.80. The largest absolute Gasteiger partial charge is 0.371 e. The number of hydrogen-bond donors (Lipinski definition) is 1. The van der Waals surface area contributed by atoms with Gasteiger partial charge < -0.3 is 10.2 Å². The van der Waals surface area contributed by atoms with Crippen LogP contribution < -0.4 is 10.2 Å². The molecule has 0 radical (unpaired) electrons. The predicted octanol–water partition coefficient (Wildman–Crippen LogP) is 4.20. The quantitative estimate of drug-likeness (QED) is 0.892. The highest BCUT2D eigenvalue weighted by molar-refractivity contribution is 5.54. The van der Waals surface area contributed by atoms with Crippen molar-refractivity contribution >= 4 is 5.69 Å². The van der Waals surface area contributed by atoms with E-state index in [0.29, 0.717) is 6.04 Å². The van der Waals surface area contributed by atoms with Crippen molar-refractivity contribution in [3.05, 3.63) is 29.8 Å². The average molecular weight is 286 g/mol. The second-order valence-electron chi connectivity index (χ2n) is 7.32. The molecular weight excluding hydrogens is 256 g/mol. The highest BCUT2D eigenvalue weighted by Crippen LogP contribution is 2.29. The van der Waals surface area contributed by atoms with Crippen molar-refractivity contribution in [3.63, 3.8) is 0 Å². The lowest BCUT2D eigenvalue weighted by Crippen LogP contribution is -2.36. The third-order valence-corrected chi connectivity index (χ3v) is 5.20. The van der Waals surface area contributed by atoms with E-state index in [2.05, 4.69) is 48.3 Å². The van der Waals surface area contributed by atoms with E-state index in [9.17, 15) is 0 Å². The van der Waals surface area contributed by atoms with Gasteiger partial charge >= 0.3 is 0 Å². The van der Waals surface area contributed by atoms with E-state index in [1.807, 2.05) is 0 Å². The molecule has 3 rings (SSSR count). The van der Waals surface area contributed by atoms with Gasteiger partial charge in [-0.15, -0.1) is 0 Å². The van der Waals surface area contributed by atoms with Gasteiger partial charge in [-0.05, 0) is 55.6 Å². The Morgan fingerprint density at radius 1 is 1.00 bits per heavy atom. The molecule has 1 aromatic carbocycles. The van der Waals surface area contributed by atoms with Gasteiger partial charge in [0, 0.05) is 31.4 Å². The Morgan fingerprint density at radius 3 is 2.38 bits per heavy atom. The van der Waals surface area contributed by atoms with Gasteiger partial charge in [0.15, 0.2) is 0 Å². The van der Waals surface area contributed by atoms with Crippen molar-refractivity contribution in [2.24, 2.45) is 11.8 Å². The maximum Gasteiger partial charge on any atom is 0.0411 e. The maximum absolute atomic E-state index is 3.84. The van der Waals surface area contributed by atoms with E-state index in [4.69, 9.17) is 0 Å². The molecule has 2 fully saturated rings. The molecule has 1 aromatic rings. The smallest absolute Gasteiger partial charge is 0.0411 e. The van der Waals surface area contributed by atoms with Crippen molar-refractivity contribution in [1.29, 1.82) is 0 Å². The summed E-state index contributed by atoms with van der Waals surface area (Å²) in [5.41, 5.74) is 2.93. The molecule has 1 heterocycles. The monoisotopic (exact) mass is 286 g/mol. The standard InChI is InChI=1S/C19H30N2/c1-15-11-16(2)13-18(12-15)20-14-17-7-3-4-8-19(17)21-9-5-6-10-21/h3-4,7-8,15-16,18,20H,5-6,9-14H2,1-2H3. The molecule has 0 spiro atoms. The number of anilines is 1. The average Bonchev–Trinajstić information content (AvgIpc) is 2.98. The Labute approximate surface area is 129 Å². The van der Waals surface area contributed by atoms with Crippen LogP contribution in [0.2, 0.25) is 0 Å². The van der Waals surface area contributed by atoms with Crippen LogP contribution in [-0.2, 0) is 6.54 Å². The molecular formula is C19H30N2. The first-order chi connectivity index (χ1) is 10.2. The van der Waals surface area contributed by atoms with Gasteiger partial charge in [0.2, 0.25) is 0 Å². The summed E-state index contributed by atoms with van der Waals surface area (Å²) in [4.78, 5) is 2.56. The van der Waals surface area contributed by atoms with Crippen molar-refractivity contribution in [1.82, 2.24) is 5.32 Å². The minimum Gasteiger partial charge on any atom is -0.371 e. The molecule has 1 N–H and O–H groups in total. The normalized spacial score (nSPS) is 29.8. The number of nitrogens with zero attached hydrogens (tertiary/aromatic N) is 1. The number of benzene rings is 1. The lowest BCUT2D eigenvalue weighted by Gasteiger charge is -2.32. The zero-order chi connectivity index (χ0) is 14.7. The zero-order valence-corrected chi connectivity index (χ0v) is 13.6. The molecule has 21 heavy (non-hydrogen) atoms. The van der Waals surface area contributed by atoms with Crippen molar-refractivity contribution < 1.29 is 0 Å². The van der Waals surface area contributed by atoms with Gasteiger partial charge in [0.25, 0.3) is 0 Å². The van der Waals surface area contributed by atoms with E-state index in [0.717, 1.165) is 18.4 Å². The molecule has 2 nitrogen and oxygen atoms in total. The first kappa shape index (κ1) is 14.9. The predicted molar refractivity (Wildman–Crippen MR) is 90.7 cm³/mol. The van der Waals surface area contributed by atoms with Crippen LogP contribution in [0.4, 0.5) is 5.69 Å². The third kappa shape index (κ3) is 3.79. The summed E-state index contributed by atoms with van der Waals surface area (Å²) in [7, 11) is 0. The fourth-order valence-corrected chi connectivity index (χ4v) is 4.29.